The molecule has 0 aliphatic rings. The molecule has 0 radical (unpaired) electrons. The molecule has 1 heterocycles. The van der Waals surface area contributed by atoms with Crippen LogP contribution in [0.1, 0.15) is 16.8 Å². The first kappa shape index (κ1) is 15.9. The van der Waals surface area contributed by atoms with Gasteiger partial charge < -0.3 is 15.3 Å². The molecule has 1 rings (SSSR count). The van der Waals surface area contributed by atoms with Crippen molar-refractivity contribution in [2.45, 2.75) is 6.42 Å². The average molecular weight is 296 g/mol. The number of nitrogens with zero attached hydrogens (tertiary/aromatic N) is 1. The molecule has 0 atom stereocenters. The predicted molar refractivity (Wildman–Crippen MR) is 75.7 cm³/mol. The van der Waals surface area contributed by atoms with E-state index in [1.54, 1.807) is 16.8 Å². The summed E-state index contributed by atoms with van der Waals surface area (Å²) in [6.07, 6.45) is 1.52. The molecule has 108 valence electrons. The Balaban J connectivity index is 2.39. The summed E-state index contributed by atoms with van der Waals surface area (Å²) in [7, 11) is 0. The highest BCUT2D eigenvalue weighted by Gasteiger charge is 2.15. The highest BCUT2D eigenvalue weighted by atomic mass is 32.1. The number of thiophene rings is 1. The molecule has 1 aromatic heterocycles. The normalized spacial score (nSPS) is 9.80. The predicted octanol–water partition coefficient (Wildman–Crippen LogP) is 0.967. The Morgan fingerprint density at radius 1 is 1.45 bits per heavy atom. The number of hydrogen-bond donors (Lipinski definition) is 2. The topological polar surface area (TPSA) is 86.7 Å². The molecule has 0 fully saturated rings. The van der Waals surface area contributed by atoms with Crippen molar-refractivity contribution < 1.29 is 19.5 Å². The summed E-state index contributed by atoms with van der Waals surface area (Å²) < 4.78 is 0. The van der Waals surface area contributed by atoms with Crippen molar-refractivity contribution >= 4 is 29.1 Å². The summed E-state index contributed by atoms with van der Waals surface area (Å²) >= 11 is 1.41. The van der Waals surface area contributed by atoms with E-state index in [0.29, 0.717) is 5.56 Å². The second-order valence-corrected chi connectivity index (χ2v) is 4.75. The van der Waals surface area contributed by atoms with Crippen LogP contribution in [0.15, 0.2) is 29.5 Å². The lowest BCUT2D eigenvalue weighted by molar-refractivity contribution is -0.144. The van der Waals surface area contributed by atoms with Crippen molar-refractivity contribution in [2.24, 2.45) is 0 Å². The average Bonchev–Trinajstić information content (AvgIpc) is 2.91. The zero-order valence-corrected chi connectivity index (χ0v) is 11.7. The van der Waals surface area contributed by atoms with E-state index in [-0.39, 0.29) is 37.9 Å². The van der Waals surface area contributed by atoms with Crippen LogP contribution in [0.25, 0.3) is 0 Å². The van der Waals surface area contributed by atoms with Crippen LogP contribution >= 0.6 is 11.3 Å². The third-order valence-electron chi connectivity index (χ3n) is 2.44. The highest BCUT2D eigenvalue weighted by Crippen LogP contribution is 2.05. The van der Waals surface area contributed by atoms with E-state index in [9.17, 15) is 14.4 Å². The van der Waals surface area contributed by atoms with E-state index in [1.807, 2.05) is 0 Å². The molecule has 0 aliphatic heterocycles. The van der Waals surface area contributed by atoms with Gasteiger partial charge in [0, 0.05) is 30.5 Å². The first-order chi connectivity index (χ1) is 9.54. The molecular formula is C13H16N2O4S. The standard InChI is InChI=1S/C13H16N2O4S/c1-2-6-15(8-12(17)18)11(16)3-5-14-13(19)10-4-7-20-9-10/h2,4,7,9H,1,3,5-6,8H2,(H,14,19)(H,17,18). The minimum atomic E-state index is -1.08. The molecular weight excluding hydrogens is 280 g/mol. The van der Waals surface area contributed by atoms with Gasteiger partial charge >= 0.3 is 5.97 Å². The molecule has 0 aliphatic carbocycles. The lowest BCUT2D eigenvalue weighted by Gasteiger charge is -2.18. The summed E-state index contributed by atoms with van der Waals surface area (Å²) in [5, 5.41) is 14.8. The van der Waals surface area contributed by atoms with E-state index >= 15 is 0 Å². The number of carbonyl (C=O) groups is 3. The van der Waals surface area contributed by atoms with Crippen LogP contribution in [0.2, 0.25) is 0 Å². The Kier molecular flexibility index (Phi) is 6.45. The van der Waals surface area contributed by atoms with Gasteiger partial charge in [-0.3, -0.25) is 14.4 Å². The number of carboxylic acid groups (broad SMARTS) is 1. The van der Waals surface area contributed by atoms with Crippen molar-refractivity contribution in [3.63, 3.8) is 0 Å². The van der Waals surface area contributed by atoms with Crippen molar-refractivity contribution in [2.75, 3.05) is 19.6 Å². The van der Waals surface area contributed by atoms with Gasteiger partial charge in [0.1, 0.15) is 6.54 Å². The second kappa shape index (κ2) is 8.11. The summed E-state index contributed by atoms with van der Waals surface area (Å²) in [5.74, 6) is -1.66. The number of hydrogen-bond acceptors (Lipinski definition) is 4. The fourth-order valence-corrected chi connectivity index (χ4v) is 2.15. The van der Waals surface area contributed by atoms with Gasteiger partial charge in [-0.1, -0.05) is 6.08 Å². The van der Waals surface area contributed by atoms with Crippen LogP contribution in [0, 0.1) is 0 Å². The van der Waals surface area contributed by atoms with Gasteiger partial charge in [0.25, 0.3) is 5.91 Å². The van der Waals surface area contributed by atoms with Gasteiger partial charge in [-0.25, -0.2) is 0 Å². The van der Waals surface area contributed by atoms with Crippen LogP contribution in [0.4, 0.5) is 0 Å². The molecule has 1 aromatic rings. The Hall–Kier alpha value is -2.15. The fraction of sp³-hybridized carbons (Fsp3) is 0.308. The number of rotatable bonds is 8. The zero-order valence-electron chi connectivity index (χ0n) is 10.9. The van der Waals surface area contributed by atoms with Crippen molar-refractivity contribution in [1.29, 1.82) is 0 Å². The van der Waals surface area contributed by atoms with Gasteiger partial charge in [0.05, 0.1) is 0 Å². The van der Waals surface area contributed by atoms with Crippen LogP contribution in [0.3, 0.4) is 0 Å². The lowest BCUT2D eigenvalue weighted by Crippen LogP contribution is -2.37. The zero-order chi connectivity index (χ0) is 15.0. The number of carbonyl (C=O) groups excluding carboxylic acids is 2. The minimum Gasteiger partial charge on any atom is -0.480 e. The molecule has 0 unspecified atom stereocenters. The molecule has 0 spiro atoms. The van der Waals surface area contributed by atoms with Gasteiger partial charge in [-0.15, -0.1) is 6.58 Å². The quantitative estimate of drug-likeness (QED) is 0.700. The maximum atomic E-state index is 11.8. The third-order valence-corrected chi connectivity index (χ3v) is 3.12. The van der Waals surface area contributed by atoms with E-state index in [0.717, 1.165) is 0 Å². The van der Waals surface area contributed by atoms with Crippen LogP contribution in [-0.4, -0.2) is 47.4 Å². The van der Waals surface area contributed by atoms with E-state index in [1.165, 1.54) is 22.3 Å². The summed E-state index contributed by atoms with van der Waals surface area (Å²) in [4.78, 5) is 35.2. The van der Waals surface area contributed by atoms with Gasteiger partial charge in [0.15, 0.2) is 0 Å². The van der Waals surface area contributed by atoms with Gasteiger partial charge in [-0.05, 0) is 11.4 Å². The maximum Gasteiger partial charge on any atom is 0.323 e. The van der Waals surface area contributed by atoms with Gasteiger partial charge in [-0.2, -0.15) is 11.3 Å². The summed E-state index contributed by atoms with van der Waals surface area (Å²) in [5.41, 5.74) is 0.552. The summed E-state index contributed by atoms with van der Waals surface area (Å²) in [6.45, 7) is 3.44. The molecule has 0 bridgehead atoms. The van der Waals surface area contributed by atoms with E-state index < -0.39 is 5.97 Å². The van der Waals surface area contributed by atoms with E-state index in [4.69, 9.17) is 5.11 Å². The van der Waals surface area contributed by atoms with E-state index in [2.05, 4.69) is 11.9 Å². The second-order valence-electron chi connectivity index (χ2n) is 3.97. The van der Waals surface area contributed by atoms with Crippen LogP contribution < -0.4 is 5.32 Å². The SMILES string of the molecule is C=CCN(CC(=O)O)C(=O)CCNC(=O)c1ccsc1. The van der Waals surface area contributed by atoms with Crippen molar-refractivity contribution in [3.8, 4) is 0 Å². The number of nitrogens with one attached hydrogen (secondary N) is 1. The van der Waals surface area contributed by atoms with Crippen LogP contribution in [0.5, 0.6) is 0 Å². The Labute approximate surface area is 120 Å². The van der Waals surface area contributed by atoms with Gasteiger partial charge in [0.2, 0.25) is 5.91 Å². The highest BCUT2D eigenvalue weighted by molar-refractivity contribution is 7.08. The number of amides is 2. The first-order valence-corrected chi connectivity index (χ1v) is 6.89. The van der Waals surface area contributed by atoms with Crippen molar-refractivity contribution in [3.05, 3.63) is 35.0 Å². The lowest BCUT2D eigenvalue weighted by atomic mass is 10.3. The Morgan fingerprint density at radius 3 is 2.75 bits per heavy atom. The smallest absolute Gasteiger partial charge is 0.323 e. The largest absolute Gasteiger partial charge is 0.480 e. The Bertz CT molecular complexity index is 485. The molecule has 0 saturated carbocycles. The minimum absolute atomic E-state index is 0.0526. The molecule has 2 N–H and O–H groups in total. The molecule has 0 saturated heterocycles. The maximum absolute atomic E-state index is 11.8. The first-order valence-electron chi connectivity index (χ1n) is 5.95. The molecule has 7 heteroatoms. The summed E-state index contributed by atoms with van der Waals surface area (Å²) in [6, 6.07) is 1.69. The number of carboxylic acids is 1. The molecule has 0 aromatic carbocycles. The molecule has 20 heavy (non-hydrogen) atoms. The molecule has 6 nitrogen and oxygen atoms in total. The molecule has 2 amide bonds. The fourth-order valence-electron chi connectivity index (χ4n) is 1.51. The van der Waals surface area contributed by atoms with Crippen LogP contribution in [-0.2, 0) is 9.59 Å². The number of aliphatic carboxylic acids is 1. The van der Waals surface area contributed by atoms with Crippen molar-refractivity contribution in [1.82, 2.24) is 10.2 Å². The third kappa shape index (κ3) is 5.23. The Morgan fingerprint density at radius 2 is 2.20 bits per heavy atom. The monoisotopic (exact) mass is 296 g/mol.